The first-order chi connectivity index (χ1) is 7.31. The van der Waals surface area contributed by atoms with Crippen LogP contribution in [0.1, 0.15) is 20.8 Å². The van der Waals surface area contributed by atoms with Crippen LogP contribution in [0.25, 0.3) is 0 Å². The molecule has 4 heteroatoms. The summed E-state index contributed by atoms with van der Waals surface area (Å²) in [6.07, 6.45) is 4.54. The van der Waals surface area contributed by atoms with Crippen molar-refractivity contribution >= 4 is 11.9 Å². The second-order valence-electron chi connectivity index (χ2n) is 4.52. The molecule has 0 saturated carbocycles. The molecule has 0 bridgehead atoms. The zero-order valence-corrected chi connectivity index (χ0v) is 9.60. The molecule has 2 atom stereocenters. The Kier molecular flexibility index (Phi) is 3.21. The van der Waals surface area contributed by atoms with E-state index in [-0.39, 0.29) is 11.5 Å². The van der Waals surface area contributed by atoms with Crippen LogP contribution in [0.2, 0.25) is 0 Å². The van der Waals surface area contributed by atoms with E-state index in [1.807, 2.05) is 13.8 Å². The molecule has 1 unspecified atom stereocenters. The minimum atomic E-state index is -1.05. The standard InChI is InChI=1S/C12H16O4/c1-7(2)12(3)8(10(13)14)5-4-6-9(12)11(15)16/h4-8H,1-3H3,(H,13,14)(H,15,16)/t8?,12-/m1/s1. The maximum atomic E-state index is 11.2. The van der Waals surface area contributed by atoms with Gasteiger partial charge in [-0.3, -0.25) is 4.79 Å². The topological polar surface area (TPSA) is 74.6 Å². The Balaban J connectivity index is 3.30. The Morgan fingerprint density at radius 2 is 1.94 bits per heavy atom. The van der Waals surface area contributed by atoms with Crippen molar-refractivity contribution in [2.24, 2.45) is 17.3 Å². The van der Waals surface area contributed by atoms with Crippen LogP contribution in [0.4, 0.5) is 0 Å². The van der Waals surface area contributed by atoms with Crippen LogP contribution in [0.3, 0.4) is 0 Å². The fourth-order valence-electron chi connectivity index (χ4n) is 2.12. The number of carbonyl (C=O) groups is 2. The van der Waals surface area contributed by atoms with Gasteiger partial charge in [0.2, 0.25) is 0 Å². The number of carboxylic acids is 2. The number of carboxylic acid groups (broad SMARTS) is 2. The first kappa shape index (κ1) is 12.5. The summed E-state index contributed by atoms with van der Waals surface area (Å²) in [6.45, 7) is 5.37. The zero-order chi connectivity index (χ0) is 12.5. The second kappa shape index (κ2) is 4.12. The van der Waals surface area contributed by atoms with Crippen molar-refractivity contribution < 1.29 is 19.8 Å². The average molecular weight is 224 g/mol. The Bertz CT molecular complexity index is 378. The smallest absolute Gasteiger partial charge is 0.332 e. The zero-order valence-electron chi connectivity index (χ0n) is 9.60. The van der Waals surface area contributed by atoms with Gasteiger partial charge in [0.1, 0.15) is 0 Å². The third kappa shape index (κ3) is 1.75. The van der Waals surface area contributed by atoms with Gasteiger partial charge >= 0.3 is 11.9 Å². The highest BCUT2D eigenvalue weighted by Crippen LogP contribution is 2.45. The highest BCUT2D eigenvalue weighted by Gasteiger charge is 2.46. The highest BCUT2D eigenvalue weighted by atomic mass is 16.4. The van der Waals surface area contributed by atoms with Crippen LogP contribution >= 0.6 is 0 Å². The van der Waals surface area contributed by atoms with E-state index in [0.29, 0.717) is 0 Å². The number of hydrogen-bond acceptors (Lipinski definition) is 2. The summed E-state index contributed by atoms with van der Waals surface area (Å²) in [5.74, 6) is -2.89. The molecule has 0 fully saturated rings. The monoisotopic (exact) mass is 224 g/mol. The normalized spacial score (nSPS) is 29.0. The lowest BCUT2D eigenvalue weighted by atomic mass is 9.62. The van der Waals surface area contributed by atoms with Crippen LogP contribution in [0.15, 0.2) is 23.8 Å². The predicted octanol–water partition coefficient (Wildman–Crippen LogP) is 1.93. The molecule has 88 valence electrons. The molecule has 1 aliphatic carbocycles. The molecule has 0 aliphatic heterocycles. The molecular formula is C12H16O4. The van der Waals surface area contributed by atoms with Crippen molar-refractivity contribution in [2.45, 2.75) is 20.8 Å². The fourth-order valence-corrected chi connectivity index (χ4v) is 2.12. The number of rotatable bonds is 3. The first-order valence-electron chi connectivity index (χ1n) is 5.16. The first-order valence-corrected chi connectivity index (χ1v) is 5.16. The average Bonchev–Trinajstić information content (AvgIpc) is 2.16. The second-order valence-corrected chi connectivity index (χ2v) is 4.52. The summed E-state index contributed by atoms with van der Waals surface area (Å²) in [4.78, 5) is 22.3. The van der Waals surface area contributed by atoms with E-state index in [0.717, 1.165) is 0 Å². The quantitative estimate of drug-likeness (QED) is 0.768. The van der Waals surface area contributed by atoms with Crippen molar-refractivity contribution in [3.05, 3.63) is 23.8 Å². The summed E-state index contributed by atoms with van der Waals surface area (Å²) in [7, 11) is 0. The molecule has 0 aromatic carbocycles. The predicted molar refractivity (Wildman–Crippen MR) is 58.9 cm³/mol. The van der Waals surface area contributed by atoms with Crippen molar-refractivity contribution in [2.75, 3.05) is 0 Å². The molecule has 16 heavy (non-hydrogen) atoms. The van der Waals surface area contributed by atoms with E-state index in [2.05, 4.69) is 0 Å². The molecule has 0 saturated heterocycles. The fraction of sp³-hybridized carbons (Fsp3) is 0.500. The van der Waals surface area contributed by atoms with Crippen LogP contribution in [0.5, 0.6) is 0 Å². The van der Waals surface area contributed by atoms with Gasteiger partial charge in [-0.2, -0.15) is 0 Å². The number of aliphatic carboxylic acids is 2. The van der Waals surface area contributed by atoms with Gasteiger partial charge in [-0.05, 0) is 5.92 Å². The van der Waals surface area contributed by atoms with Gasteiger partial charge in [0.05, 0.1) is 5.92 Å². The largest absolute Gasteiger partial charge is 0.481 e. The van der Waals surface area contributed by atoms with Crippen LogP contribution in [0, 0.1) is 17.3 Å². The Morgan fingerprint density at radius 3 is 2.31 bits per heavy atom. The molecule has 1 rings (SSSR count). The minimum Gasteiger partial charge on any atom is -0.481 e. The maximum Gasteiger partial charge on any atom is 0.332 e. The maximum absolute atomic E-state index is 11.2. The molecule has 0 aromatic heterocycles. The van der Waals surface area contributed by atoms with Gasteiger partial charge in [-0.25, -0.2) is 4.79 Å². The molecule has 4 nitrogen and oxygen atoms in total. The minimum absolute atomic E-state index is 0.0686. The van der Waals surface area contributed by atoms with Gasteiger partial charge in [-0.1, -0.05) is 39.0 Å². The van der Waals surface area contributed by atoms with E-state index < -0.39 is 23.3 Å². The molecule has 1 aliphatic rings. The summed E-state index contributed by atoms with van der Waals surface area (Å²) in [5.41, 5.74) is -0.704. The van der Waals surface area contributed by atoms with Crippen molar-refractivity contribution in [3.8, 4) is 0 Å². The lowest BCUT2D eigenvalue weighted by Gasteiger charge is -2.39. The Morgan fingerprint density at radius 1 is 1.38 bits per heavy atom. The van der Waals surface area contributed by atoms with Crippen LogP contribution in [-0.4, -0.2) is 22.2 Å². The summed E-state index contributed by atoms with van der Waals surface area (Å²) < 4.78 is 0. The lowest BCUT2D eigenvalue weighted by Crippen LogP contribution is -2.41. The number of hydrogen-bond donors (Lipinski definition) is 2. The SMILES string of the molecule is CC(C)[C@@]1(C)C(C(=O)O)=CC=CC1C(=O)O. The van der Waals surface area contributed by atoms with E-state index >= 15 is 0 Å². The molecular weight excluding hydrogens is 208 g/mol. The molecule has 0 spiro atoms. The highest BCUT2D eigenvalue weighted by molar-refractivity contribution is 5.91. The Hall–Kier alpha value is -1.58. The van der Waals surface area contributed by atoms with Gasteiger partial charge in [0.15, 0.2) is 0 Å². The molecule has 0 heterocycles. The van der Waals surface area contributed by atoms with Crippen molar-refractivity contribution in [1.82, 2.24) is 0 Å². The summed E-state index contributed by atoms with van der Waals surface area (Å²) in [6, 6.07) is 0. The molecule has 0 amide bonds. The number of allylic oxidation sites excluding steroid dienone is 2. The van der Waals surface area contributed by atoms with E-state index in [1.54, 1.807) is 13.0 Å². The molecule has 2 N–H and O–H groups in total. The Labute approximate surface area is 94.3 Å². The van der Waals surface area contributed by atoms with Gasteiger partial charge in [-0.15, -0.1) is 0 Å². The van der Waals surface area contributed by atoms with Gasteiger partial charge < -0.3 is 10.2 Å². The van der Waals surface area contributed by atoms with Gasteiger partial charge in [0, 0.05) is 11.0 Å². The van der Waals surface area contributed by atoms with E-state index in [9.17, 15) is 9.59 Å². The van der Waals surface area contributed by atoms with E-state index in [1.165, 1.54) is 12.2 Å². The molecule has 0 radical (unpaired) electrons. The lowest BCUT2D eigenvalue weighted by molar-refractivity contribution is -0.145. The summed E-state index contributed by atoms with van der Waals surface area (Å²) in [5, 5.41) is 18.3. The van der Waals surface area contributed by atoms with E-state index in [4.69, 9.17) is 10.2 Å². The summed E-state index contributed by atoms with van der Waals surface area (Å²) >= 11 is 0. The van der Waals surface area contributed by atoms with Gasteiger partial charge in [0.25, 0.3) is 0 Å². The third-order valence-corrected chi connectivity index (χ3v) is 3.49. The van der Waals surface area contributed by atoms with Crippen LogP contribution < -0.4 is 0 Å². The van der Waals surface area contributed by atoms with Crippen LogP contribution in [-0.2, 0) is 9.59 Å². The molecule has 0 aromatic rings. The van der Waals surface area contributed by atoms with Crippen molar-refractivity contribution in [3.63, 3.8) is 0 Å². The van der Waals surface area contributed by atoms with Crippen molar-refractivity contribution in [1.29, 1.82) is 0 Å². The third-order valence-electron chi connectivity index (χ3n) is 3.49.